The number of rotatable bonds is 6. The molecule has 31 heavy (non-hydrogen) atoms. The molecule has 164 valence electrons. The average molecular weight is 444 g/mol. The number of nitrogens with one attached hydrogen (secondary N) is 2. The molecule has 1 aliphatic heterocycles. The summed E-state index contributed by atoms with van der Waals surface area (Å²) in [5.74, 6) is -0.344. The minimum absolute atomic E-state index is 0.0831. The third-order valence-electron chi connectivity index (χ3n) is 5.93. The van der Waals surface area contributed by atoms with Gasteiger partial charge in [-0.1, -0.05) is 30.9 Å². The highest BCUT2D eigenvalue weighted by Gasteiger charge is 2.34. The molecule has 7 nitrogen and oxygen atoms in total. The first-order valence-electron chi connectivity index (χ1n) is 10.7. The van der Waals surface area contributed by atoms with E-state index in [-0.39, 0.29) is 30.2 Å². The molecule has 0 radical (unpaired) electrons. The molecule has 2 heterocycles. The Morgan fingerprint density at radius 2 is 1.97 bits per heavy atom. The lowest BCUT2D eigenvalue weighted by Gasteiger charge is -2.23. The lowest BCUT2D eigenvalue weighted by atomic mass is 9.95. The van der Waals surface area contributed by atoms with E-state index in [1.54, 1.807) is 41.5 Å². The third-order valence-corrected chi connectivity index (χ3v) is 6.26. The quantitative estimate of drug-likeness (QED) is 0.706. The largest absolute Gasteiger partial charge is 0.467 e. The lowest BCUT2D eigenvalue weighted by molar-refractivity contribution is -0.128. The molecule has 2 fully saturated rings. The van der Waals surface area contributed by atoms with Crippen LogP contribution < -0.4 is 10.6 Å². The van der Waals surface area contributed by atoms with Crippen LogP contribution in [0.15, 0.2) is 41.0 Å². The van der Waals surface area contributed by atoms with Crippen LogP contribution in [0.5, 0.6) is 0 Å². The van der Waals surface area contributed by atoms with Crippen molar-refractivity contribution in [3.05, 3.63) is 52.9 Å². The van der Waals surface area contributed by atoms with Gasteiger partial charge in [-0.15, -0.1) is 0 Å². The normalized spacial score (nSPS) is 19.5. The summed E-state index contributed by atoms with van der Waals surface area (Å²) in [6.07, 6.45) is 7.10. The van der Waals surface area contributed by atoms with Crippen LogP contribution in [0.2, 0.25) is 5.02 Å². The van der Waals surface area contributed by atoms with E-state index in [0.717, 1.165) is 25.7 Å². The number of hydrogen-bond acceptors (Lipinski definition) is 4. The molecule has 2 aromatic rings. The van der Waals surface area contributed by atoms with Crippen molar-refractivity contribution in [2.24, 2.45) is 5.92 Å². The molecule has 0 unspecified atom stereocenters. The molecule has 0 spiro atoms. The minimum atomic E-state index is -0.461. The first-order valence-corrected chi connectivity index (χ1v) is 11.1. The second-order valence-corrected chi connectivity index (χ2v) is 8.65. The summed E-state index contributed by atoms with van der Waals surface area (Å²) in [6, 6.07) is 8.60. The van der Waals surface area contributed by atoms with Gasteiger partial charge >= 0.3 is 0 Å². The van der Waals surface area contributed by atoms with Crippen molar-refractivity contribution in [1.82, 2.24) is 10.2 Å². The van der Waals surface area contributed by atoms with Gasteiger partial charge in [0.25, 0.3) is 5.91 Å². The second-order valence-electron chi connectivity index (χ2n) is 8.25. The topological polar surface area (TPSA) is 91.7 Å². The van der Waals surface area contributed by atoms with Gasteiger partial charge in [0.2, 0.25) is 11.8 Å². The minimum Gasteiger partial charge on any atom is -0.467 e. The van der Waals surface area contributed by atoms with Gasteiger partial charge in [-0.05, 0) is 43.2 Å². The van der Waals surface area contributed by atoms with Gasteiger partial charge in [0.1, 0.15) is 5.76 Å². The standard InChI is InChI=1S/C23H26ClN3O4/c24-20-9-8-17(12-19(20)23(30)25-16-5-2-1-3-6-16)26-22(29)15-11-21(28)27(13-15)14-18-7-4-10-31-18/h4,7-10,12,15-16H,1-3,5-6,11,13-14H2,(H,25,30)(H,26,29)/t15-/m1/s1. The van der Waals surface area contributed by atoms with Gasteiger partial charge in [0, 0.05) is 24.7 Å². The molecule has 1 aromatic heterocycles. The number of halogens is 1. The number of nitrogens with zero attached hydrogens (tertiary/aromatic N) is 1. The van der Waals surface area contributed by atoms with Crippen molar-refractivity contribution >= 4 is 35.0 Å². The van der Waals surface area contributed by atoms with Crippen LogP contribution in [-0.4, -0.2) is 35.2 Å². The number of benzene rings is 1. The number of carbonyl (C=O) groups is 3. The first-order chi connectivity index (χ1) is 15.0. The lowest BCUT2D eigenvalue weighted by Crippen LogP contribution is -2.36. The monoisotopic (exact) mass is 443 g/mol. The van der Waals surface area contributed by atoms with Gasteiger partial charge in [0.05, 0.1) is 29.3 Å². The van der Waals surface area contributed by atoms with Crippen LogP contribution in [0, 0.1) is 5.92 Å². The number of amides is 3. The summed E-state index contributed by atoms with van der Waals surface area (Å²) >= 11 is 6.24. The van der Waals surface area contributed by atoms with Crippen molar-refractivity contribution < 1.29 is 18.8 Å². The van der Waals surface area contributed by atoms with E-state index in [0.29, 0.717) is 35.1 Å². The summed E-state index contributed by atoms with van der Waals surface area (Å²) in [4.78, 5) is 39.3. The highest BCUT2D eigenvalue weighted by Crippen LogP contribution is 2.25. The molecule has 8 heteroatoms. The van der Waals surface area contributed by atoms with Crippen LogP contribution in [0.3, 0.4) is 0 Å². The van der Waals surface area contributed by atoms with E-state index >= 15 is 0 Å². The summed E-state index contributed by atoms with van der Waals surface area (Å²) in [6.45, 7) is 0.677. The van der Waals surface area contributed by atoms with Gasteiger partial charge in [0.15, 0.2) is 0 Å². The van der Waals surface area contributed by atoms with E-state index in [4.69, 9.17) is 16.0 Å². The Balaban J connectivity index is 1.37. The highest BCUT2D eigenvalue weighted by molar-refractivity contribution is 6.34. The van der Waals surface area contributed by atoms with E-state index in [9.17, 15) is 14.4 Å². The SMILES string of the molecule is O=C(NC1CCCCC1)c1cc(NC(=O)[C@@H]2CC(=O)N(Cc3ccco3)C2)ccc1Cl. The Bertz CT molecular complexity index is 954. The molecule has 1 aromatic carbocycles. The molecule has 4 rings (SSSR count). The summed E-state index contributed by atoms with van der Waals surface area (Å²) in [5.41, 5.74) is 0.826. The molecule has 1 saturated heterocycles. The Kier molecular flexibility index (Phi) is 6.61. The molecule has 1 saturated carbocycles. The number of likely N-dealkylation sites (tertiary alicyclic amines) is 1. The van der Waals surface area contributed by atoms with Crippen LogP contribution in [-0.2, 0) is 16.1 Å². The van der Waals surface area contributed by atoms with Crippen LogP contribution in [0.25, 0.3) is 0 Å². The maximum Gasteiger partial charge on any atom is 0.253 e. The van der Waals surface area contributed by atoms with Crippen molar-refractivity contribution in [3.8, 4) is 0 Å². The number of hydrogen-bond donors (Lipinski definition) is 2. The molecule has 2 aliphatic rings. The van der Waals surface area contributed by atoms with Crippen molar-refractivity contribution in [1.29, 1.82) is 0 Å². The Morgan fingerprint density at radius 3 is 2.71 bits per heavy atom. The third kappa shape index (κ3) is 5.28. The summed E-state index contributed by atoms with van der Waals surface area (Å²) in [7, 11) is 0. The first kappa shape index (κ1) is 21.4. The maximum atomic E-state index is 12.7. The zero-order valence-electron chi connectivity index (χ0n) is 17.2. The predicted molar refractivity (Wildman–Crippen MR) is 117 cm³/mol. The van der Waals surface area contributed by atoms with E-state index < -0.39 is 5.92 Å². The van der Waals surface area contributed by atoms with Crippen molar-refractivity contribution in [3.63, 3.8) is 0 Å². The number of carbonyl (C=O) groups excluding carboxylic acids is 3. The fraction of sp³-hybridized carbons (Fsp3) is 0.435. The maximum absolute atomic E-state index is 12.7. The van der Waals surface area contributed by atoms with E-state index in [2.05, 4.69) is 10.6 Å². The summed E-state index contributed by atoms with van der Waals surface area (Å²) in [5, 5.41) is 6.22. The van der Waals surface area contributed by atoms with Gasteiger partial charge < -0.3 is 20.0 Å². The summed E-state index contributed by atoms with van der Waals surface area (Å²) < 4.78 is 5.29. The Labute approximate surface area is 186 Å². The predicted octanol–water partition coefficient (Wildman–Crippen LogP) is 3.98. The Hall–Kier alpha value is -2.80. The molecule has 1 atom stereocenters. The molecule has 2 N–H and O–H groups in total. The fourth-order valence-electron chi connectivity index (χ4n) is 4.22. The van der Waals surface area contributed by atoms with Crippen molar-refractivity contribution in [2.45, 2.75) is 51.1 Å². The van der Waals surface area contributed by atoms with Gasteiger partial charge in [-0.2, -0.15) is 0 Å². The number of furan rings is 1. The van der Waals surface area contributed by atoms with E-state index in [1.807, 2.05) is 0 Å². The molecular formula is C23H26ClN3O4. The smallest absolute Gasteiger partial charge is 0.253 e. The fourth-order valence-corrected chi connectivity index (χ4v) is 4.43. The molecule has 3 amide bonds. The van der Waals surface area contributed by atoms with Gasteiger partial charge in [-0.3, -0.25) is 14.4 Å². The molecular weight excluding hydrogens is 418 g/mol. The van der Waals surface area contributed by atoms with Crippen molar-refractivity contribution in [2.75, 3.05) is 11.9 Å². The van der Waals surface area contributed by atoms with E-state index in [1.165, 1.54) is 6.42 Å². The van der Waals surface area contributed by atoms with Crippen LogP contribution in [0.1, 0.15) is 54.6 Å². The average Bonchev–Trinajstić information content (AvgIpc) is 3.40. The van der Waals surface area contributed by atoms with Crippen LogP contribution >= 0.6 is 11.6 Å². The number of anilines is 1. The molecule has 1 aliphatic carbocycles. The highest BCUT2D eigenvalue weighted by atomic mass is 35.5. The zero-order valence-corrected chi connectivity index (χ0v) is 18.0. The second kappa shape index (κ2) is 9.56. The Morgan fingerprint density at radius 1 is 1.16 bits per heavy atom. The van der Waals surface area contributed by atoms with Crippen LogP contribution in [0.4, 0.5) is 5.69 Å². The molecule has 0 bridgehead atoms. The zero-order chi connectivity index (χ0) is 21.8. The van der Waals surface area contributed by atoms with Gasteiger partial charge in [-0.25, -0.2) is 0 Å².